The van der Waals surface area contributed by atoms with Crippen LogP contribution in [0.3, 0.4) is 0 Å². The van der Waals surface area contributed by atoms with Gasteiger partial charge in [0.15, 0.2) is 0 Å². The minimum Gasteiger partial charge on any atom is -1.00 e. The lowest BCUT2D eigenvalue weighted by molar-refractivity contribution is -0.565. The van der Waals surface area contributed by atoms with Crippen molar-refractivity contribution in [2.24, 2.45) is 53.3 Å². The normalized spacial score (nSPS) is 69.6. The van der Waals surface area contributed by atoms with E-state index in [-0.39, 0.29) is 24.3 Å². The van der Waals surface area contributed by atoms with Gasteiger partial charge in [0.2, 0.25) is 0 Å². The van der Waals surface area contributed by atoms with Gasteiger partial charge in [0.1, 0.15) is 12.0 Å². The van der Waals surface area contributed by atoms with Gasteiger partial charge in [-0.15, -0.1) is 0 Å². The molecule has 2 bridgehead atoms. The average molecular weight is 242 g/mol. The largest absolute Gasteiger partial charge is 1.00 e. The molecule has 6 unspecified atom stereocenters. The summed E-state index contributed by atoms with van der Waals surface area (Å²) in [6.07, 6.45) is 0. The van der Waals surface area contributed by atoms with E-state index in [0.717, 1.165) is 41.4 Å². The molecule has 0 aromatic carbocycles. The highest BCUT2D eigenvalue weighted by atomic mass is 35.5. The number of halogens is 1. The molecule has 88 valence electrons. The lowest BCUT2D eigenvalue weighted by Gasteiger charge is -2.93. The van der Waals surface area contributed by atoms with Gasteiger partial charge in [0.05, 0.1) is 7.11 Å². The van der Waals surface area contributed by atoms with Crippen LogP contribution in [0.1, 0.15) is 0 Å². The van der Waals surface area contributed by atoms with Gasteiger partial charge in [-0.25, -0.2) is 0 Å². The summed E-state index contributed by atoms with van der Waals surface area (Å²) in [5.74, 6) is 7.57. The lowest BCUT2D eigenvalue weighted by atomic mass is 9.10. The van der Waals surface area contributed by atoms with Crippen LogP contribution in [0.4, 0.5) is 0 Å². The number of rotatable bonds is 1. The summed E-state index contributed by atoms with van der Waals surface area (Å²) in [6.45, 7) is 0. The first-order chi connectivity index (χ1) is 7.27. The third-order valence-electron chi connectivity index (χ3n) is 6.73. The van der Waals surface area contributed by atoms with E-state index < -0.39 is 0 Å². The highest BCUT2D eigenvalue weighted by Crippen LogP contribution is 2.92. The number of fused-ring (bicyclic) bond motifs is 1. The molecular formula is C12H16ClNO2. The van der Waals surface area contributed by atoms with Crippen LogP contribution in [0.5, 0.6) is 0 Å². The topological polar surface area (TPSA) is 53.9 Å². The van der Waals surface area contributed by atoms with Crippen LogP contribution >= 0.6 is 0 Å². The molecule has 6 atom stereocenters. The van der Waals surface area contributed by atoms with Gasteiger partial charge in [-0.3, -0.25) is 4.79 Å². The highest BCUT2D eigenvalue weighted by Gasteiger charge is 2.92. The number of ether oxygens (including phenoxy) is 1. The van der Waals surface area contributed by atoms with Crippen molar-refractivity contribution in [3.05, 3.63) is 0 Å². The zero-order valence-electron chi connectivity index (χ0n) is 9.18. The maximum absolute atomic E-state index is 11.8. The summed E-state index contributed by atoms with van der Waals surface area (Å²) in [6, 6.07) is 0.363. The predicted octanol–water partition coefficient (Wildman–Crippen LogP) is -3.61. The van der Waals surface area contributed by atoms with Crippen molar-refractivity contribution < 1.29 is 27.7 Å². The molecule has 6 rings (SSSR count). The average Bonchev–Trinajstić information content (AvgIpc) is 2.22. The first-order valence-corrected chi connectivity index (χ1v) is 6.18. The molecule has 0 radical (unpaired) electrons. The molecule has 6 aliphatic rings. The third kappa shape index (κ3) is 0.583. The molecule has 0 amide bonds. The van der Waals surface area contributed by atoms with Gasteiger partial charge in [0, 0.05) is 5.92 Å². The second-order valence-corrected chi connectivity index (χ2v) is 6.33. The van der Waals surface area contributed by atoms with Crippen LogP contribution in [-0.2, 0) is 9.53 Å². The van der Waals surface area contributed by atoms with Crippen molar-refractivity contribution in [1.82, 2.24) is 0 Å². The van der Waals surface area contributed by atoms with Crippen LogP contribution in [0.2, 0.25) is 0 Å². The second-order valence-electron chi connectivity index (χ2n) is 6.33. The molecular weight excluding hydrogens is 226 g/mol. The van der Waals surface area contributed by atoms with Crippen molar-refractivity contribution >= 4 is 5.97 Å². The molecule has 6 saturated carbocycles. The Kier molecular flexibility index (Phi) is 1.48. The third-order valence-corrected chi connectivity index (χ3v) is 6.73. The molecule has 0 spiro atoms. The Morgan fingerprint density at radius 3 is 1.88 bits per heavy atom. The number of carbonyl (C=O) groups is 1. The minimum atomic E-state index is 0. The zero-order chi connectivity index (χ0) is 10.1. The highest BCUT2D eigenvalue weighted by molar-refractivity contribution is 5.75. The number of hydrogen-bond donors (Lipinski definition) is 1. The molecule has 6 aliphatic carbocycles. The van der Waals surface area contributed by atoms with Gasteiger partial charge in [0.25, 0.3) is 0 Å². The van der Waals surface area contributed by atoms with Gasteiger partial charge < -0.3 is 22.9 Å². The van der Waals surface area contributed by atoms with Gasteiger partial charge in [-0.2, -0.15) is 0 Å². The SMILES string of the molecule is COC(=O)C1C([NH3+])C2C3C4C1C1C2C3C41.[Cl-]. The fourth-order valence-electron chi connectivity index (χ4n) is 6.59. The maximum atomic E-state index is 11.8. The molecule has 4 heteroatoms. The summed E-state index contributed by atoms with van der Waals surface area (Å²) >= 11 is 0. The van der Waals surface area contributed by atoms with Crippen molar-refractivity contribution in [1.29, 1.82) is 0 Å². The number of carbonyl (C=O) groups excluding carboxylic acids is 1. The zero-order valence-corrected chi connectivity index (χ0v) is 9.93. The Balaban J connectivity index is 0.000000722. The lowest BCUT2D eigenvalue weighted by Crippen LogP contribution is -3.00. The maximum Gasteiger partial charge on any atom is 0.315 e. The molecule has 0 aliphatic heterocycles. The molecule has 0 heterocycles. The summed E-state index contributed by atoms with van der Waals surface area (Å²) in [5, 5.41) is 0. The first-order valence-electron chi connectivity index (χ1n) is 6.18. The van der Waals surface area contributed by atoms with E-state index in [1.807, 2.05) is 0 Å². The molecule has 0 aromatic rings. The monoisotopic (exact) mass is 241 g/mol. The molecule has 16 heavy (non-hydrogen) atoms. The Hall–Kier alpha value is -0.280. The minimum absolute atomic E-state index is 0. The second kappa shape index (κ2) is 2.44. The summed E-state index contributed by atoms with van der Waals surface area (Å²) in [5.41, 5.74) is 4.28. The Morgan fingerprint density at radius 2 is 1.38 bits per heavy atom. The van der Waals surface area contributed by atoms with Crippen LogP contribution in [-0.4, -0.2) is 19.1 Å². The van der Waals surface area contributed by atoms with E-state index in [2.05, 4.69) is 5.73 Å². The van der Waals surface area contributed by atoms with Crippen molar-refractivity contribution in [2.75, 3.05) is 7.11 Å². The van der Waals surface area contributed by atoms with E-state index in [0.29, 0.717) is 12.0 Å². The van der Waals surface area contributed by atoms with Gasteiger partial charge in [-0.1, -0.05) is 0 Å². The standard InChI is InChI=1S/C12H15NO2.ClH/c1-15-12(14)10-8-4-2-3-6(4)9(11(10)13)7(3)5(2)8;/h2-11H,13H2,1H3;1H. The number of hydrogen-bond acceptors (Lipinski definition) is 2. The van der Waals surface area contributed by atoms with Crippen molar-refractivity contribution in [3.63, 3.8) is 0 Å². The number of quaternary nitrogens is 1. The Labute approximate surface area is 100 Å². The molecule has 3 N–H and O–H groups in total. The summed E-state index contributed by atoms with van der Waals surface area (Å²) in [7, 11) is 1.52. The molecule has 3 nitrogen and oxygen atoms in total. The predicted molar refractivity (Wildman–Crippen MR) is 50.1 cm³/mol. The van der Waals surface area contributed by atoms with E-state index >= 15 is 0 Å². The number of methoxy groups -OCH3 is 1. The van der Waals surface area contributed by atoms with Crippen LogP contribution < -0.4 is 18.1 Å². The smallest absolute Gasteiger partial charge is 0.315 e. The van der Waals surface area contributed by atoms with Crippen molar-refractivity contribution in [3.8, 4) is 0 Å². The molecule has 6 fully saturated rings. The van der Waals surface area contributed by atoms with Gasteiger partial charge in [-0.05, 0) is 41.4 Å². The van der Waals surface area contributed by atoms with E-state index in [1.54, 1.807) is 0 Å². The summed E-state index contributed by atoms with van der Waals surface area (Å²) in [4.78, 5) is 11.8. The first kappa shape index (κ1) is 9.72. The Morgan fingerprint density at radius 1 is 0.938 bits per heavy atom. The fraction of sp³-hybridized carbons (Fsp3) is 0.917. The van der Waals surface area contributed by atoms with Crippen LogP contribution in [0.15, 0.2) is 0 Å². The van der Waals surface area contributed by atoms with Crippen LogP contribution in [0.25, 0.3) is 0 Å². The van der Waals surface area contributed by atoms with E-state index in [4.69, 9.17) is 4.74 Å². The van der Waals surface area contributed by atoms with Crippen LogP contribution in [0, 0.1) is 53.3 Å². The Bertz CT molecular complexity index is 380. The fourth-order valence-corrected chi connectivity index (χ4v) is 6.59. The molecule has 0 saturated heterocycles. The van der Waals surface area contributed by atoms with E-state index in [1.165, 1.54) is 7.11 Å². The van der Waals surface area contributed by atoms with E-state index in [9.17, 15) is 4.79 Å². The van der Waals surface area contributed by atoms with Crippen molar-refractivity contribution in [2.45, 2.75) is 6.04 Å². The van der Waals surface area contributed by atoms with Gasteiger partial charge >= 0.3 is 5.97 Å². The molecule has 0 aromatic heterocycles. The quantitative estimate of drug-likeness (QED) is 0.482. The number of esters is 1. The summed E-state index contributed by atoms with van der Waals surface area (Å²) < 4.78 is 4.96.